The van der Waals surface area contributed by atoms with Crippen molar-refractivity contribution >= 4 is 17.2 Å². The van der Waals surface area contributed by atoms with E-state index < -0.39 is 0 Å². The third-order valence-corrected chi connectivity index (χ3v) is 4.06. The largest absolute Gasteiger partial charge is 0.340 e. The van der Waals surface area contributed by atoms with Gasteiger partial charge in [-0.1, -0.05) is 0 Å². The van der Waals surface area contributed by atoms with E-state index in [2.05, 4.69) is 28.7 Å². The molecule has 3 heteroatoms. The third-order valence-electron chi connectivity index (χ3n) is 3.33. The van der Waals surface area contributed by atoms with E-state index in [4.69, 9.17) is 0 Å². The molecule has 1 fully saturated rings. The van der Waals surface area contributed by atoms with Gasteiger partial charge in [-0.05, 0) is 55.0 Å². The molecule has 0 saturated carbocycles. The van der Waals surface area contributed by atoms with Gasteiger partial charge in [-0.3, -0.25) is 4.79 Å². The van der Waals surface area contributed by atoms with E-state index in [9.17, 15) is 4.79 Å². The van der Waals surface area contributed by atoms with Gasteiger partial charge in [0.25, 0.3) is 0 Å². The van der Waals surface area contributed by atoms with Crippen LogP contribution in [0.2, 0.25) is 0 Å². The molecular weight excluding hydrogens is 218 g/mol. The van der Waals surface area contributed by atoms with Crippen molar-refractivity contribution in [3.8, 4) is 0 Å². The topological polar surface area (TPSA) is 20.3 Å². The summed E-state index contributed by atoms with van der Waals surface area (Å²) in [5.74, 6) is 0.332. The summed E-state index contributed by atoms with van der Waals surface area (Å²) in [6.45, 7) is 3.13. The molecular formula is C13H19NOS. The second-order valence-electron chi connectivity index (χ2n) is 4.56. The van der Waals surface area contributed by atoms with Gasteiger partial charge >= 0.3 is 0 Å². The lowest BCUT2D eigenvalue weighted by molar-refractivity contribution is -0.134. The highest BCUT2D eigenvalue weighted by Crippen LogP contribution is 2.18. The molecule has 2 nitrogen and oxygen atoms in total. The fourth-order valence-electron chi connectivity index (χ4n) is 2.30. The van der Waals surface area contributed by atoms with Crippen LogP contribution in [0.15, 0.2) is 16.8 Å². The molecule has 88 valence electrons. The number of nitrogens with zero attached hydrogens (tertiary/aromatic N) is 1. The molecule has 1 saturated heterocycles. The van der Waals surface area contributed by atoms with Crippen LogP contribution in [0, 0.1) is 0 Å². The summed E-state index contributed by atoms with van der Waals surface area (Å²) in [5.41, 5.74) is 1.29. The maximum Gasteiger partial charge on any atom is 0.223 e. The number of hydrogen-bond donors (Lipinski definition) is 0. The van der Waals surface area contributed by atoms with Gasteiger partial charge in [-0.15, -0.1) is 0 Å². The standard InChI is InChI=1S/C13H19NOS/c1-11-4-2-3-8-14(11)13(15)6-5-12-7-9-16-10-12/h7,9-11H,2-6,8H2,1H3. The van der Waals surface area contributed by atoms with Gasteiger partial charge in [0.2, 0.25) is 5.91 Å². The van der Waals surface area contributed by atoms with E-state index in [1.165, 1.54) is 24.8 Å². The molecule has 1 aromatic rings. The van der Waals surface area contributed by atoms with E-state index in [0.717, 1.165) is 13.0 Å². The number of piperidine rings is 1. The summed E-state index contributed by atoms with van der Waals surface area (Å²) in [6, 6.07) is 2.56. The minimum absolute atomic E-state index is 0.332. The van der Waals surface area contributed by atoms with Crippen LogP contribution in [0.4, 0.5) is 0 Å². The highest BCUT2D eigenvalue weighted by Gasteiger charge is 2.22. The summed E-state index contributed by atoms with van der Waals surface area (Å²) in [5, 5.41) is 4.20. The second kappa shape index (κ2) is 5.48. The number of carbonyl (C=O) groups excluding carboxylic acids is 1. The van der Waals surface area contributed by atoms with Crippen molar-refractivity contribution in [2.45, 2.75) is 45.1 Å². The Morgan fingerprint density at radius 1 is 1.56 bits per heavy atom. The van der Waals surface area contributed by atoms with Crippen LogP contribution in [0.5, 0.6) is 0 Å². The summed E-state index contributed by atoms with van der Waals surface area (Å²) < 4.78 is 0. The number of hydrogen-bond acceptors (Lipinski definition) is 2. The Balaban J connectivity index is 1.83. The molecule has 0 aromatic carbocycles. The van der Waals surface area contributed by atoms with Crippen molar-refractivity contribution in [2.75, 3.05) is 6.54 Å². The average Bonchev–Trinajstić information content (AvgIpc) is 2.79. The first-order chi connectivity index (χ1) is 7.77. The van der Waals surface area contributed by atoms with E-state index in [1.807, 2.05) is 0 Å². The quantitative estimate of drug-likeness (QED) is 0.791. The van der Waals surface area contributed by atoms with Crippen molar-refractivity contribution in [2.24, 2.45) is 0 Å². The average molecular weight is 237 g/mol. The molecule has 0 radical (unpaired) electrons. The zero-order chi connectivity index (χ0) is 11.4. The first-order valence-corrected chi connectivity index (χ1v) is 7.02. The number of carbonyl (C=O) groups is 1. The van der Waals surface area contributed by atoms with Gasteiger partial charge in [0.1, 0.15) is 0 Å². The van der Waals surface area contributed by atoms with E-state index in [1.54, 1.807) is 11.3 Å². The fraction of sp³-hybridized carbons (Fsp3) is 0.615. The normalized spacial score (nSPS) is 21.1. The molecule has 1 aliphatic heterocycles. The lowest BCUT2D eigenvalue weighted by Crippen LogP contribution is -2.42. The van der Waals surface area contributed by atoms with Crippen LogP contribution >= 0.6 is 11.3 Å². The number of rotatable bonds is 3. The lowest BCUT2D eigenvalue weighted by Gasteiger charge is -2.33. The minimum atomic E-state index is 0.332. The monoisotopic (exact) mass is 237 g/mol. The Morgan fingerprint density at radius 3 is 3.12 bits per heavy atom. The van der Waals surface area contributed by atoms with Crippen molar-refractivity contribution in [1.82, 2.24) is 4.90 Å². The highest BCUT2D eigenvalue weighted by atomic mass is 32.1. The summed E-state index contributed by atoms with van der Waals surface area (Å²) >= 11 is 1.70. The SMILES string of the molecule is CC1CCCCN1C(=O)CCc1ccsc1. The molecule has 0 N–H and O–H groups in total. The lowest BCUT2D eigenvalue weighted by atomic mass is 10.0. The fourth-order valence-corrected chi connectivity index (χ4v) is 3.00. The molecule has 1 aromatic heterocycles. The first-order valence-electron chi connectivity index (χ1n) is 6.08. The summed E-state index contributed by atoms with van der Waals surface area (Å²) in [7, 11) is 0. The Hall–Kier alpha value is -0.830. The predicted molar refractivity (Wildman–Crippen MR) is 67.7 cm³/mol. The first kappa shape index (κ1) is 11.6. The highest BCUT2D eigenvalue weighted by molar-refractivity contribution is 7.07. The van der Waals surface area contributed by atoms with E-state index in [-0.39, 0.29) is 0 Å². The minimum Gasteiger partial charge on any atom is -0.340 e. The molecule has 1 atom stereocenters. The molecule has 16 heavy (non-hydrogen) atoms. The van der Waals surface area contributed by atoms with Crippen LogP contribution < -0.4 is 0 Å². The number of likely N-dealkylation sites (tertiary alicyclic amines) is 1. The van der Waals surface area contributed by atoms with Crippen LogP contribution in [-0.4, -0.2) is 23.4 Å². The molecule has 1 amide bonds. The van der Waals surface area contributed by atoms with E-state index in [0.29, 0.717) is 18.4 Å². The van der Waals surface area contributed by atoms with Crippen molar-refractivity contribution < 1.29 is 4.79 Å². The Labute approximate surface area is 101 Å². The Kier molecular flexibility index (Phi) is 3.99. The summed E-state index contributed by atoms with van der Waals surface area (Å²) in [4.78, 5) is 14.1. The van der Waals surface area contributed by atoms with Crippen LogP contribution in [-0.2, 0) is 11.2 Å². The zero-order valence-corrected chi connectivity index (χ0v) is 10.6. The molecule has 1 aliphatic rings. The maximum atomic E-state index is 12.0. The molecule has 2 rings (SSSR count). The van der Waals surface area contributed by atoms with E-state index >= 15 is 0 Å². The predicted octanol–water partition coefficient (Wildman–Crippen LogP) is 3.08. The van der Waals surface area contributed by atoms with Crippen LogP contribution in [0.3, 0.4) is 0 Å². The molecule has 1 unspecified atom stereocenters. The van der Waals surface area contributed by atoms with Crippen molar-refractivity contribution in [3.05, 3.63) is 22.4 Å². The Bertz CT molecular complexity index is 334. The van der Waals surface area contributed by atoms with Gasteiger partial charge < -0.3 is 4.90 Å². The van der Waals surface area contributed by atoms with Crippen molar-refractivity contribution in [1.29, 1.82) is 0 Å². The summed E-state index contributed by atoms with van der Waals surface area (Å²) in [6.07, 6.45) is 5.18. The molecule has 0 spiro atoms. The smallest absolute Gasteiger partial charge is 0.223 e. The van der Waals surface area contributed by atoms with Gasteiger partial charge in [-0.2, -0.15) is 11.3 Å². The van der Waals surface area contributed by atoms with Gasteiger partial charge in [0.05, 0.1) is 0 Å². The Morgan fingerprint density at radius 2 is 2.44 bits per heavy atom. The third kappa shape index (κ3) is 2.85. The van der Waals surface area contributed by atoms with Crippen LogP contribution in [0.25, 0.3) is 0 Å². The molecule has 0 aliphatic carbocycles. The number of thiophene rings is 1. The number of amides is 1. The van der Waals surface area contributed by atoms with Gasteiger partial charge in [0, 0.05) is 19.0 Å². The molecule has 0 bridgehead atoms. The maximum absolute atomic E-state index is 12.0. The zero-order valence-electron chi connectivity index (χ0n) is 9.82. The van der Waals surface area contributed by atoms with Crippen LogP contribution in [0.1, 0.15) is 38.2 Å². The van der Waals surface area contributed by atoms with Gasteiger partial charge in [-0.25, -0.2) is 0 Å². The second-order valence-corrected chi connectivity index (χ2v) is 5.34. The number of aryl methyl sites for hydroxylation is 1. The van der Waals surface area contributed by atoms with Crippen molar-refractivity contribution in [3.63, 3.8) is 0 Å². The van der Waals surface area contributed by atoms with Gasteiger partial charge in [0.15, 0.2) is 0 Å². The molecule has 2 heterocycles.